The van der Waals surface area contributed by atoms with E-state index in [1.165, 1.54) is 36.6 Å². The van der Waals surface area contributed by atoms with E-state index in [4.69, 9.17) is 24.4 Å². The third-order valence-corrected chi connectivity index (χ3v) is 8.06. The molecule has 0 bridgehead atoms. The summed E-state index contributed by atoms with van der Waals surface area (Å²) < 4.78 is 23.1. The molecule has 0 aliphatic carbocycles. The van der Waals surface area contributed by atoms with Crippen LogP contribution in [0.25, 0.3) is 6.08 Å². The minimum Gasteiger partial charge on any atom is -0.493 e. The molecule has 2 aliphatic rings. The van der Waals surface area contributed by atoms with Crippen LogP contribution in [0, 0.1) is 5.41 Å². The van der Waals surface area contributed by atoms with E-state index in [-0.39, 0.29) is 18.0 Å². The van der Waals surface area contributed by atoms with Gasteiger partial charge in [0.1, 0.15) is 24.0 Å². The van der Waals surface area contributed by atoms with Crippen molar-refractivity contribution in [1.82, 2.24) is 5.01 Å². The van der Waals surface area contributed by atoms with Crippen LogP contribution in [0.1, 0.15) is 42.9 Å². The van der Waals surface area contributed by atoms with Gasteiger partial charge in [0.15, 0.2) is 17.3 Å². The van der Waals surface area contributed by atoms with Crippen molar-refractivity contribution in [3.05, 3.63) is 89.0 Å². The number of hydrogen-bond acceptors (Lipinski definition) is 8. The molecule has 43 heavy (non-hydrogen) atoms. The van der Waals surface area contributed by atoms with Gasteiger partial charge in [-0.2, -0.15) is 15.1 Å². The smallest absolute Gasteiger partial charge is 0.283 e. The van der Waals surface area contributed by atoms with E-state index in [0.717, 1.165) is 22.8 Å². The second-order valence-electron chi connectivity index (χ2n) is 10.0. The zero-order valence-corrected chi connectivity index (χ0v) is 25.4. The summed E-state index contributed by atoms with van der Waals surface area (Å²) in [6, 6.07) is 21.5. The number of thioether (sulfide) groups is 1. The summed E-state index contributed by atoms with van der Waals surface area (Å²) in [5.74, 6) is 1.99. The number of rotatable bonds is 12. The highest BCUT2D eigenvalue weighted by atomic mass is 32.2. The van der Waals surface area contributed by atoms with Crippen molar-refractivity contribution < 1.29 is 23.7 Å². The second-order valence-corrected chi connectivity index (χ2v) is 11.0. The van der Waals surface area contributed by atoms with Crippen LogP contribution < -0.4 is 18.9 Å². The van der Waals surface area contributed by atoms with Crippen molar-refractivity contribution in [3.63, 3.8) is 0 Å². The molecule has 1 atom stereocenters. The predicted molar refractivity (Wildman–Crippen MR) is 171 cm³/mol. The van der Waals surface area contributed by atoms with E-state index in [1.54, 1.807) is 18.2 Å². The molecule has 0 radical (unpaired) electrons. The molecule has 0 saturated carbocycles. The van der Waals surface area contributed by atoms with Crippen LogP contribution in [-0.4, -0.2) is 54.4 Å². The number of amides is 1. The van der Waals surface area contributed by atoms with E-state index in [1.807, 2.05) is 42.5 Å². The van der Waals surface area contributed by atoms with Crippen molar-refractivity contribution in [2.75, 3.05) is 27.4 Å². The first-order valence-electron chi connectivity index (χ1n) is 14.0. The number of ether oxygens (including phenoxy) is 4. The third-order valence-electron chi connectivity index (χ3n) is 7.15. The molecular formula is C33H34N4O5S. The molecule has 3 aromatic carbocycles. The Morgan fingerprint density at radius 2 is 1.65 bits per heavy atom. The van der Waals surface area contributed by atoms with Crippen LogP contribution in [0.15, 0.2) is 82.4 Å². The van der Waals surface area contributed by atoms with E-state index < -0.39 is 5.91 Å². The largest absolute Gasteiger partial charge is 0.493 e. The molecule has 0 aromatic heterocycles. The lowest BCUT2D eigenvalue weighted by atomic mass is 9.99. The number of benzene rings is 3. The van der Waals surface area contributed by atoms with Crippen LogP contribution in [-0.2, 0) is 11.2 Å². The molecule has 2 aliphatic heterocycles. The zero-order valence-electron chi connectivity index (χ0n) is 24.6. The molecule has 10 heteroatoms. The van der Waals surface area contributed by atoms with Gasteiger partial charge in [-0.25, -0.2) is 0 Å². The Morgan fingerprint density at radius 1 is 0.977 bits per heavy atom. The Bertz CT molecular complexity index is 1560. The maximum absolute atomic E-state index is 13.0. The molecule has 1 unspecified atom stereocenters. The third kappa shape index (κ3) is 6.91. The van der Waals surface area contributed by atoms with Crippen LogP contribution >= 0.6 is 11.8 Å². The zero-order chi connectivity index (χ0) is 30.3. The summed E-state index contributed by atoms with van der Waals surface area (Å²) in [5, 5.41) is 15.8. The van der Waals surface area contributed by atoms with Crippen molar-refractivity contribution in [1.29, 1.82) is 5.41 Å². The number of nitrogens with zero attached hydrogens (tertiary/aromatic N) is 3. The normalized spacial score (nSPS) is 16.0. The van der Waals surface area contributed by atoms with Gasteiger partial charge in [-0.3, -0.25) is 10.2 Å². The second kappa shape index (κ2) is 13.6. The van der Waals surface area contributed by atoms with Gasteiger partial charge in [0.25, 0.3) is 5.91 Å². The molecule has 9 nitrogen and oxygen atoms in total. The minimum absolute atomic E-state index is 0.0434. The fourth-order valence-corrected chi connectivity index (χ4v) is 5.52. The minimum atomic E-state index is -0.507. The molecule has 5 rings (SSSR count). The lowest BCUT2D eigenvalue weighted by Crippen LogP contribution is -2.35. The average Bonchev–Trinajstić information content (AvgIpc) is 3.43. The van der Waals surface area contributed by atoms with Gasteiger partial charge in [0.05, 0.1) is 19.8 Å². The van der Waals surface area contributed by atoms with Gasteiger partial charge in [0, 0.05) is 6.42 Å². The number of aliphatic imine (C=N–C) groups is 1. The topological polar surface area (TPSA) is 106 Å². The molecule has 2 heterocycles. The Morgan fingerprint density at radius 3 is 2.30 bits per heavy atom. The van der Waals surface area contributed by atoms with Crippen LogP contribution in [0.2, 0.25) is 0 Å². The van der Waals surface area contributed by atoms with Gasteiger partial charge in [0.2, 0.25) is 10.9 Å². The van der Waals surface area contributed by atoms with E-state index in [0.29, 0.717) is 46.9 Å². The van der Waals surface area contributed by atoms with Crippen LogP contribution in [0.5, 0.6) is 23.0 Å². The van der Waals surface area contributed by atoms with E-state index in [9.17, 15) is 4.79 Å². The van der Waals surface area contributed by atoms with E-state index in [2.05, 4.69) is 36.1 Å². The number of carbonyl (C=O) groups excluding carboxylic acids is 1. The first kappa shape index (κ1) is 29.9. The molecule has 1 N–H and O–H groups in total. The SMILES string of the molecule is CCC(C)c1ccc(OCCOc2c(OC)cc(/C=C3\C(=N)N4N=C(Cc5ccccc5)SC4=NC3=O)cc2OC)cc1. The van der Waals surface area contributed by atoms with Gasteiger partial charge in [-0.1, -0.05) is 56.3 Å². The lowest BCUT2D eigenvalue weighted by Gasteiger charge is -2.20. The van der Waals surface area contributed by atoms with Crippen molar-refractivity contribution in [3.8, 4) is 23.0 Å². The molecule has 222 valence electrons. The quantitative estimate of drug-likeness (QED) is 0.186. The highest BCUT2D eigenvalue weighted by Gasteiger charge is 2.35. The van der Waals surface area contributed by atoms with Gasteiger partial charge in [-0.05, 0) is 71.1 Å². The number of hydrazone groups is 1. The first-order chi connectivity index (χ1) is 20.9. The number of hydrogen-bond donors (Lipinski definition) is 1. The summed E-state index contributed by atoms with van der Waals surface area (Å²) in [5.41, 5.74) is 3.07. The Labute approximate surface area is 255 Å². The van der Waals surface area contributed by atoms with Crippen molar-refractivity contribution in [2.24, 2.45) is 10.1 Å². The summed E-state index contributed by atoms with van der Waals surface area (Å²) in [6.07, 6.45) is 3.26. The number of nitrogens with one attached hydrogen (secondary N) is 1. The number of carbonyl (C=O) groups is 1. The molecule has 0 spiro atoms. The Hall–Kier alpha value is -4.57. The highest BCUT2D eigenvalue weighted by molar-refractivity contribution is 8.26. The average molecular weight is 599 g/mol. The lowest BCUT2D eigenvalue weighted by molar-refractivity contribution is -0.114. The fourth-order valence-electron chi connectivity index (χ4n) is 4.60. The highest BCUT2D eigenvalue weighted by Crippen LogP contribution is 2.40. The Balaban J connectivity index is 1.28. The fraction of sp³-hybridized carbons (Fsp3) is 0.273. The molecule has 0 fully saturated rings. The molecular weight excluding hydrogens is 564 g/mol. The molecule has 1 amide bonds. The summed E-state index contributed by atoms with van der Waals surface area (Å²) in [6.45, 7) is 4.97. The number of methoxy groups -OCH3 is 2. The summed E-state index contributed by atoms with van der Waals surface area (Å²) in [7, 11) is 3.06. The maximum atomic E-state index is 13.0. The van der Waals surface area contributed by atoms with Crippen molar-refractivity contribution >= 4 is 39.8 Å². The van der Waals surface area contributed by atoms with Gasteiger partial charge in [-0.15, -0.1) is 0 Å². The molecule has 3 aromatic rings. The van der Waals surface area contributed by atoms with Crippen molar-refractivity contribution in [2.45, 2.75) is 32.6 Å². The van der Waals surface area contributed by atoms with Crippen LogP contribution in [0.3, 0.4) is 0 Å². The van der Waals surface area contributed by atoms with Gasteiger partial charge < -0.3 is 18.9 Å². The van der Waals surface area contributed by atoms with Crippen LogP contribution in [0.4, 0.5) is 0 Å². The standard InChI is InChI=1S/C33H34N4O5S/c1-5-21(2)24-11-13-25(14-12-24)41-15-16-42-30-27(39-3)18-23(19-28(30)40-4)17-26-31(34)37-33(35-32(26)38)43-29(36-37)20-22-9-7-6-8-10-22/h6-14,17-19,21,34H,5,15-16,20H2,1-4H3/b26-17+,34-31?. The summed E-state index contributed by atoms with van der Waals surface area (Å²) in [4.78, 5) is 17.2. The van der Waals surface area contributed by atoms with Gasteiger partial charge >= 0.3 is 0 Å². The maximum Gasteiger partial charge on any atom is 0.283 e. The predicted octanol–water partition coefficient (Wildman–Crippen LogP) is 6.54. The molecule has 0 saturated heterocycles. The summed E-state index contributed by atoms with van der Waals surface area (Å²) >= 11 is 1.30. The number of amidine groups is 2. The first-order valence-corrected chi connectivity index (χ1v) is 14.9. The number of fused-ring (bicyclic) bond motifs is 1. The Kier molecular flexibility index (Phi) is 9.46. The van der Waals surface area contributed by atoms with E-state index >= 15 is 0 Å². The monoisotopic (exact) mass is 598 g/mol.